The molecule has 1 aromatic carbocycles. The Morgan fingerprint density at radius 1 is 0.692 bits per heavy atom. The van der Waals surface area contributed by atoms with Crippen LogP contribution in [-0.2, 0) is 0 Å². The fourth-order valence-electron chi connectivity index (χ4n) is 3.75. The van der Waals surface area contributed by atoms with Crippen molar-refractivity contribution in [2.75, 3.05) is 0 Å². The summed E-state index contributed by atoms with van der Waals surface area (Å²) in [5.74, 6) is 1.58. The minimum atomic E-state index is 0.337. The first-order chi connectivity index (χ1) is 12.4. The van der Waals surface area contributed by atoms with Crippen molar-refractivity contribution in [2.24, 2.45) is 0 Å². The van der Waals surface area contributed by atoms with Crippen LogP contribution < -0.4 is 16.4 Å². The van der Waals surface area contributed by atoms with Gasteiger partial charge in [0.2, 0.25) is 6.71 Å². The summed E-state index contributed by atoms with van der Waals surface area (Å²) in [6.45, 7) is 14.3. The minimum absolute atomic E-state index is 0.337. The average molecular weight is 380 g/mol. The van der Waals surface area contributed by atoms with Crippen LogP contribution in [0.15, 0.2) is 45.8 Å². The molecule has 2 heterocycles. The van der Waals surface area contributed by atoms with Crippen LogP contribution in [0.1, 0.15) is 76.0 Å². The first-order valence-corrected chi connectivity index (χ1v) is 11.5. The lowest BCUT2D eigenvalue weighted by Gasteiger charge is -2.27. The summed E-state index contributed by atoms with van der Waals surface area (Å²) >= 11 is 3.60. The van der Waals surface area contributed by atoms with Crippen molar-refractivity contribution in [1.29, 1.82) is 0 Å². The molecule has 0 N–H and O–H groups in total. The first kappa shape index (κ1) is 19.4. The molecule has 0 aliphatic rings. The Morgan fingerprint density at radius 3 is 1.46 bits per heavy atom. The summed E-state index contributed by atoms with van der Waals surface area (Å²) in [5.41, 5.74) is 8.89. The first-order valence-electron chi connectivity index (χ1n) is 9.62. The van der Waals surface area contributed by atoms with Gasteiger partial charge >= 0.3 is 0 Å². The van der Waals surface area contributed by atoms with Crippen molar-refractivity contribution in [3.05, 3.63) is 62.5 Å². The van der Waals surface area contributed by atoms with Gasteiger partial charge in [0.05, 0.1) is 0 Å². The molecule has 26 heavy (non-hydrogen) atoms. The summed E-state index contributed by atoms with van der Waals surface area (Å²) in [6, 6.07) is 9.56. The summed E-state index contributed by atoms with van der Waals surface area (Å²) in [6.07, 6.45) is 0. The van der Waals surface area contributed by atoms with Crippen molar-refractivity contribution in [3.8, 4) is 0 Å². The van der Waals surface area contributed by atoms with E-state index in [9.17, 15) is 0 Å². The van der Waals surface area contributed by atoms with Crippen LogP contribution in [0.2, 0.25) is 0 Å². The zero-order valence-corrected chi connectivity index (χ0v) is 18.4. The van der Waals surface area contributed by atoms with Gasteiger partial charge < -0.3 is 0 Å². The predicted octanol–water partition coefficient (Wildman–Crippen LogP) is 5.70. The topological polar surface area (TPSA) is 0 Å². The monoisotopic (exact) mass is 380 g/mol. The lowest BCUT2D eigenvalue weighted by Crippen LogP contribution is -2.54. The molecule has 0 saturated carbocycles. The Bertz CT molecular complexity index is 764. The van der Waals surface area contributed by atoms with E-state index in [1.807, 2.05) is 0 Å². The van der Waals surface area contributed by atoms with E-state index in [1.165, 1.54) is 33.1 Å². The standard InChI is InChI=1S/C23H29BS2/c1-15(2)18-11-21(16(3)4)23(22(12-18)17(5)6)24(19-7-9-25-13-19)20-8-10-26-14-20/h7-17H,1-6H3. The van der Waals surface area contributed by atoms with Gasteiger partial charge in [-0.3, -0.25) is 0 Å². The van der Waals surface area contributed by atoms with Crippen molar-refractivity contribution in [2.45, 2.75) is 59.3 Å². The maximum atomic E-state index is 2.47. The van der Waals surface area contributed by atoms with Crippen LogP contribution in [0, 0.1) is 0 Å². The quantitative estimate of drug-likeness (QED) is 0.482. The molecule has 2 aromatic heterocycles. The van der Waals surface area contributed by atoms with E-state index in [0.29, 0.717) is 24.5 Å². The smallest absolute Gasteiger partial charge is 0.153 e. The normalized spacial score (nSPS) is 11.7. The highest BCUT2D eigenvalue weighted by Gasteiger charge is 2.29. The Morgan fingerprint density at radius 2 is 1.15 bits per heavy atom. The Balaban J connectivity index is 2.33. The maximum absolute atomic E-state index is 2.47. The van der Waals surface area contributed by atoms with Crippen LogP contribution in [0.5, 0.6) is 0 Å². The summed E-state index contributed by atoms with van der Waals surface area (Å²) < 4.78 is 0. The van der Waals surface area contributed by atoms with E-state index in [4.69, 9.17) is 0 Å². The summed E-state index contributed by atoms with van der Waals surface area (Å²) in [5, 5.41) is 9.07. The maximum Gasteiger partial charge on any atom is 0.244 e. The van der Waals surface area contributed by atoms with E-state index in [1.54, 1.807) is 22.7 Å². The second kappa shape index (κ2) is 8.14. The van der Waals surface area contributed by atoms with Gasteiger partial charge in [-0.25, -0.2) is 0 Å². The molecule has 3 heteroatoms. The average Bonchev–Trinajstić information content (AvgIpc) is 3.28. The largest absolute Gasteiger partial charge is 0.244 e. The second-order valence-electron chi connectivity index (χ2n) is 8.12. The highest BCUT2D eigenvalue weighted by Crippen LogP contribution is 2.26. The van der Waals surface area contributed by atoms with Gasteiger partial charge in [0, 0.05) is 0 Å². The molecule has 0 radical (unpaired) electrons. The Hall–Kier alpha value is -1.32. The fourth-order valence-corrected chi connectivity index (χ4v) is 5.12. The lowest BCUT2D eigenvalue weighted by molar-refractivity contribution is 0.812. The molecule has 0 bridgehead atoms. The van der Waals surface area contributed by atoms with Crippen LogP contribution in [-0.4, -0.2) is 6.71 Å². The molecular formula is C23H29BS2. The molecule has 3 aromatic rings. The Labute approximate surface area is 167 Å². The van der Waals surface area contributed by atoms with Crippen molar-refractivity contribution in [1.82, 2.24) is 0 Å². The third kappa shape index (κ3) is 3.84. The van der Waals surface area contributed by atoms with Crippen LogP contribution in [0.4, 0.5) is 0 Å². The predicted molar refractivity (Wildman–Crippen MR) is 122 cm³/mol. The molecule has 0 amide bonds. The van der Waals surface area contributed by atoms with Gasteiger partial charge in [0.15, 0.2) is 0 Å². The lowest BCUT2D eigenvalue weighted by atomic mass is 9.35. The molecule has 0 spiro atoms. The van der Waals surface area contributed by atoms with Gasteiger partial charge in [-0.05, 0) is 56.0 Å². The van der Waals surface area contributed by atoms with Gasteiger partial charge in [-0.1, -0.05) is 82.2 Å². The van der Waals surface area contributed by atoms with E-state index in [2.05, 4.69) is 87.3 Å². The number of thiophene rings is 2. The van der Waals surface area contributed by atoms with Gasteiger partial charge in [-0.15, -0.1) is 0 Å². The van der Waals surface area contributed by atoms with E-state index < -0.39 is 0 Å². The third-order valence-corrected chi connectivity index (χ3v) is 6.62. The zero-order valence-electron chi connectivity index (χ0n) is 16.7. The van der Waals surface area contributed by atoms with Crippen molar-refractivity contribution in [3.63, 3.8) is 0 Å². The fraction of sp³-hybridized carbons (Fsp3) is 0.391. The van der Waals surface area contributed by atoms with Gasteiger partial charge in [0.1, 0.15) is 0 Å². The molecule has 3 rings (SSSR count). The van der Waals surface area contributed by atoms with Crippen LogP contribution in [0.3, 0.4) is 0 Å². The SMILES string of the molecule is CC(C)c1cc(C(C)C)c(B(c2ccsc2)c2ccsc2)c(C(C)C)c1. The van der Waals surface area contributed by atoms with E-state index >= 15 is 0 Å². The molecule has 0 aliphatic carbocycles. The number of rotatable bonds is 6. The number of benzene rings is 1. The van der Waals surface area contributed by atoms with Gasteiger partial charge in [-0.2, -0.15) is 22.7 Å². The molecule has 0 unspecified atom stereocenters. The number of hydrogen-bond acceptors (Lipinski definition) is 2. The van der Waals surface area contributed by atoms with Crippen molar-refractivity contribution < 1.29 is 0 Å². The van der Waals surface area contributed by atoms with E-state index in [-0.39, 0.29) is 0 Å². The van der Waals surface area contributed by atoms with Gasteiger partial charge in [0.25, 0.3) is 0 Å². The molecule has 0 atom stereocenters. The molecule has 0 aliphatic heterocycles. The third-order valence-electron chi connectivity index (χ3n) is 5.22. The molecule has 0 saturated heterocycles. The second-order valence-corrected chi connectivity index (χ2v) is 9.68. The van der Waals surface area contributed by atoms with Crippen LogP contribution >= 0.6 is 22.7 Å². The zero-order chi connectivity index (χ0) is 18.8. The molecule has 0 nitrogen and oxygen atoms in total. The molecular weight excluding hydrogens is 351 g/mol. The summed E-state index contributed by atoms with van der Waals surface area (Å²) in [4.78, 5) is 0. The highest BCUT2D eigenvalue weighted by atomic mass is 32.1. The highest BCUT2D eigenvalue weighted by molar-refractivity contribution is 7.13. The molecule has 0 fully saturated rings. The minimum Gasteiger partial charge on any atom is -0.153 e. The molecule has 136 valence electrons. The summed E-state index contributed by atoms with van der Waals surface area (Å²) in [7, 11) is 0. The Kier molecular flexibility index (Phi) is 6.09. The van der Waals surface area contributed by atoms with Crippen molar-refractivity contribution >= 4 is 45.8 Å². The van der Waals surface area contributed by atoms with E-state index in [0.717, 1.165) is 0 Å². The number of hydrogen-bond donors (Lipinski definition) is 0. The van der Waals surface area contributed by atoms with Crippen LogP contribution in [0.25, 0.3) is 0 Å².